The van der Waals surface area contributed by atoms with Crippen molar-refractivity contribution in [3.63, 3.8) is 0 Å². The smallest absolute Gasteiger partial charge is 0.310 e. The highest BCUT2D eigenvalue weighted by Gasteiger charge is 2.36. The summed E-state index contributed by atoms with van der Waals surface area (Å²) in [5.41, 5.74) is 8.53. The Morgan fingerprint density at radius 2 is 1.94 bits per heavy atom. The van der Waals surface area contributed by atoms with Gasteiger partial charge in [0.25, 0.3) is 0 Å². The Balaban J connectivity index is 1.61. The van der Waals surface area contributed by atoms with Crippen molar-refractivity contribution in [2.75, 3.05) is 19.6 Å². The van der Waals surface area contributed by atoms with Crippen LogP contribution in [0.5, 0.6) is 0 Å². The number of allylic oxidation sites excluding steroid dienone is 1. The van der Waals surface area contributed by atoms with Gasteiger partial charge in [-0.2, -0.15) is 0 Å². The Bertz CT molecular complexity index is 914. The molecule has 32 heavy (non-hydrogen) atoms. The van der Waals surface area contributed by atoms with Crippen LogP contribution in [0.15, 0.2) is 35.9 Å². The van der Waals surface area contributed by atoms with Crippen LogP contribution in [-0.4, -0.2) is 65.7 Å². The van der Waals surface area contributed by atoms with E-state index in [1.165, 1.54) is 10.5 Å². The van der Waals surface area contributed by atoms with Crippen LogP contribution in [-0.2, 0) is 30.5 Å². The molecule has 3 atom stereocenters. The van der Waals surface area contributed by atoms with E-state index in [1.54, 1.807) is 6.08 Å². The van der Waals surface area contributed by atoms with E-state index in [9.17, 15) is 24.3 Å². The van der Waals surface area contributed by atoms with Crippen molar-refractivity contribution >= 4 is 23.7 Å². The van der Waals surface area contributed by atoms with E-state index in [-0.39, 0.29) is 25.9 Å². The number of aryl methyl sites for hydroxylation is 1. The second-order valence-corrected chi connectivity index (χ2v) is 8.10. The number of aliphatic hydroxyl groups excluding tert-OH is 1. The lowest BCUT2D eigenvalue weighted by atomic mass is 10.0. The number of carbonyl (C=O) groups is 4. The number of amides is 3. The van der Waals surface area contributed by atoms with Gasteiger partial charge in [-0.05, 0) is 24.5 Å². The third kappa shape index (κ3) is 6.14. The Labute approximate surface area is 185 Å². The fourth-order valence-corrected chi connectivity index (χ4v) is 3.66. The average molecular weight is 444 g/mol. The van der Waals surface area contributed by atoms with Crippen molar-refractivity contribution < 1.29 is 29.0 Å². The molecule has 1 aromatic carbocycles. The minimum Gasteiger partial charge on any atom is -0.434 e. The molecule has 1 saturated heterocycles. The van der Waals surface area contributed by atoms with Crippen molar-refractivity contribution in [3.05, 3.63) is 47.0 Å². The molecule has 3 unspecified atom stereocenters. The van der Waals surface area contributed by atoms with E-state index in [0.29, 0.717) is 13.1 Å². The highest BCUT2D eigenvalue weighted by Crippen LogP contribution is 2.18. The highest BCUT2D eigenvalue weighted by molar-refractivity contribution is 6.01. The molecule has 172 valence electrons. The van der Waals surface area contributed by atoms with Crippen LogP contribution in [0.3, 0.4) is 0 Å². The van der Waals surface area contributed by atoms with Crippen LogP contribution in [0.1, 0.15) is 24.0 Å². The zero-order valence-corrected chi connectivity index (χ0v) is 17.9. The van der Waals surface area contributed by atoms with Crippen molar-refractivity contribution in [2.45, 2.75) is 38.6 Å². The molecule has 0 aromatic heterocycles. The molecule has 3 rings (SSSR count). The fraction of sp³-hybridized carbons (Fsp3) is 0.455. The molecular formula is C22H28N4O6. The first-order valence-electron chi connectivity index (χ1n) is 10.4. The van der Waals surface area contributed by atoms with Crippen molar-refractivity contribution in [2.24, 2.45) is 11.7 Å². The molecule has 0 saturated carbocycles. The summed E-state index contributed by atoms with van der Waals surface area (Å²) in [5.74, 6) is -3.53. The van der Waals surface area contributed by atoms with Gasteiger partial charge in [0.2, 0.25) is 24.0 Å². The number of nitrogens with one attached hydrogen (secondary N) is 2. The average Bonchev–Trinajstić information content (AvgIpc) is 2.95. The molecule has 10 nitrogen and oxygen atoms in total. The number of rotatable bonds is 8. The summed E-state index contributed by atoms with van der Waals surface area (Å²) in [4.78, 5) is 49.6. The first-order valence-corrected chi connectivity index (χ1v) is 10.4. The monoisotopic (exact) mass is 444 g/mol. The lowest BCUT2D eigenvalue weighted by Crippen LogP contribution is -2.49. The summed E-state index contributed by atoms with van der Waals surface area (Å²) in [7, 11) is 0. The topological polar surface area (TPSA) is 151 Å². The number of cyclic esters (lactones) is 1. The fourth-order valence-electron chi connectivity index (χ4n) is 3.66. The number of nitrogens with zero attached hydrogens (tertiary/aromatic N) is 1. The molecule has 3 amide bonds. The van der Waals surface area contributed by atoms with Gasteiger partial charge in [-0.15, -0.1) is 0 Å². The van der Waals surface area contributed by atoms with Gasteiger partial charge in [-0.1, -0.05) is 35.9 Å². The summed E-state index contributed by atoms with van der Waals surface area (Å²) in [6, 6.07) is 7.23. The lowest BCUT2D eigenvalue weighted by molar-refractivity contribution is -0.155. The van der Waals surface area contributed by atoms with Crippen LogP contribution in [0.2, 0.25) is 0 Å². The van der Waals surface area contributed by atoms with Crippen LogP contribution < -0.4 is 16.4 Å². The van der Waals surface area contributed by atoms with Gasteiger partial charge in [0.15, 0.2) is 0 Å². The maximum Gasteiger partial charge on any atom is 0.310 e. The van der Waals surface area contributed by atoms with Crippen molar-refractivity contribution in [1.29, 1.82) is 0 Å². The van der Waals surface area contributed by atoms with Gasteiger partial charge < -0.3 is 31.1 Å². The van der Waals surface area contributed by atoms with E-state index >= 15 is 0 Å². The highest BCUT2D eigenvalue weighted by atomic mass is 16.6. The molecule has 1 fully saturated rings. The van der Waals surface area contributed by atoms with E-state index in [1.807, 2.05) is 31.2 Å². The van der Waals surface area contributed by atoms with Crippen LogP contribution in [0, 0.1) is 12.8 Å². The van der Waals surface area contributed by atoms with Crippen molar-refractivity contribution in [3.8, 4) is 0 Å². The molecular weight excluding hydrogens is 416 g/mol. The van der Waals surface area contributed by atoms with E-state index in [0.717, 1.165) is 11.1 Å². The number of esters is 1. The van der Waals surface area contributed by atoms with E-state index < -0.39 is 41.9 Å². The third-order valence-corrected chi connectivity index (χ3v) is 5.46. The summed E-state index contributed by atoms with van der Waals surface area (Å²) in [6.07, 6.45) is 0.392. The second kappa shape index (κ2) is 10.4. The molecule has 0 spiro atoms. The molecule has 0 bridgehead atoms. The number of hydrogen-bond donors (Lipinski definition) is 4. The number of primary amides is 1. The van der Waals surface area contributed by atoms with Crippen LogP contribution in [0.25, 0.3) is 0 Å². The lowest BCUT2D eigenvalue weighted by Gasteiger charge is -2.25. The number of ether oxygens (including phenoxy) is 1. The Hall–Kier alpha value is -3.24. The summed E-state index contributed by atoms with van der Waals surface area (Å²) in [6.45, 7) is 2.92. The molecule has 2 heterocycles. The number of nitrogens with two attached hydrogens (primary N) is 1. The summed E-state index contributed by atoms with van der Waals surface area (Å²) < 4.78 is 4.60. The van der Waals surface area contributed by atoms with Gasteiger partial charge in [0.1, 0.15) is 12.0 Å². The number of carbonyl (C=O) groups excluding carboxylic acids is 4. The quantitative estimate of drug-likeness (QED) is 0.230. The third-order valence-electron chi connectivity index (χ3n) is 5.46. The van der Waals surface area contributed by atoms with E-state index in [2.05, 4.69) is 15.4 Å². The van der Waals surface area contributed by atoms with Crippen LogP contribution in [0.4, 0.5) is 0 Å². The second-order valence-electron chi connectivity index (χ2n) is 8.10. The molecule has 2 aliphatic heterocycles. The zero-order chi connectivity index (χ0) is 23.3. The van der Waals surface area contributed by atoms with Gasteiger partial charge in [-0.25, -0.2) is 0 Å². The Morgan fingerprint density at radius 1 is 1.22 bits per heavy atom. The molecule has 1 aromatic rings. The zero-order valence-electron chi connectivity index (χ0n) is 17.9. The molecule has 0 radical (unpaired) electrons. The summed E-state index contributed by atoms with van der Waals surface area (Å²) >= 11 is 0. The number of benzene rings is 1. The number of aliphatic hydroxyl groups is 1. The minimum absolute atomic E-state index is 0.152. The standard InChI is InChI=1S/C22H28N4O6/c1-13-2-4-14(5-3-13)9-24-10-15-6-7-16(20(23)29)21(30)26(11-15)12-18(27)25-17-8-19(28)32-22(17)31/h2-6,16-17,22,24,31H,7-12H2,1H3,(H2,23,29)(H,25,27). The minimum atomic E-state index is -1.42. The van der Waals surface area contributed by atoms with Crippen molar-refractivity contribution in [1.82, 2.24) is 15.5 Å². The largest absolute Gasteiger partial charge is 0.434 e. The molecule has 0 aliphatic carbocycles. The summed E-state index contributed by atoms with van der Waals surface area (Å²) in [5, 5.41) is 15.5. The first kappa shape index (κ1) is 23.4. The Morgan fingerprint density at radius 3 is 2.56 bits per heavy atom. The normalized spacial score (nSPS) is 23.4. The predicted octanol–water partition coefficient (Wildman–Crippen LogP) is -0.905. The SMILES string of the molecule is Cc1ccc(CNCC2=CCC(C(N)=O)C(=O)N(CC(=O)NC3CC(=O)OC3O)C2)cc1. The molecule has 5 N–H and O–H groups in total. The molecule has 2 aliphatic rings. The predicted molar refractivity (Wildman–Crippen MR) is 113 cm³/mol. The van der Waals surface area contributed by atoms with Gasteiger partial charge in [0.05, 0.1) is 13.0 Å². The maximum absolute atomic E-state index is 12.8. The number of hydrogen-bond acceptors (Lipinski definition) is 7. The van der Waals surface area contributed by atoms with Gasteiger partial charge in [-0.3, -0.25) is 19.2 Å². The van der Waals surface area contributed by atoms with Crippen LogP contribution >= 0.6 is 0 Å². The maximum atomic E-state index is 12.8. The Kier molecular flexibility index (Phi) is 7.60. The van der Waals surface area contributed by atoms with Gasteiger partial charge in [0, 0.05) is 19.6 Å². The first-order chi connectivity index (χ1) is 15.2. The van der Waals surface area contributed by atoms with E-state index in [4.69, 9.17) is 5.73 Å². The van der Waals surface area contributed by atoms with Gasteiger partial charge >= 0.3 is 5.97 Å². The molecule has 10 heteroatoms.